The molecule has 27 nitrogen and oxygen atoms in total. The van der Waals surface area contributed by atoms with E-state index in [0.717, 1.165) is 13.8 Å². The van der Waals surface area contributed by atoms with E-state index in [1.54, 1.807) is 0 Å². The Kier molecular flexibility index (Phi) is 19.3. The minimum atomic E-state index is -2.15. The van der Waals surface area contributed by atoms with Crippen LogP contribution in [0.25, 0.3) is 0 Å². The second-order valence-corrected chi connectivity index (χ2v) is 15.2. The van der Waals surface area contributed by atoms with Crippen molar-refractivity contribution in [3.63, 3.8) is 0 Å². The number of carbonyl (C=O) groups excluding carboxylic acids is 2. The number of amides is 2. The summed E-state index contributed by atoms with van der Waals surface area (Å²) >= 11 is 0. The quantitative estimate of drug-likeness (QED) is 0.0607. The van der Waals surface area contributed by atoms with Gasteiger partial charge in [-0.05, 0) is 6.92 Å². The molecule has 24 atom stereocenters. The van der Waals surface area contributed by atoms with Crippen LogP contribution in [0.4, 0.5) is 0 Å². The lowest BCUT2D eigenvalue weighted by Gasteiger charge is -2.51. The molecule has 4 rings (SSSR count). The van der Waals surface area contributed by atoms with E-state index in [9.17, 15) is 86.2 Å². The lowest BCUT2D eigenvalue weighted by Crippen LogP contribution is -2.70. The lowest BCUT2D eigenvalue weighted by atomic mass is 9.94. The highest BCUT2D eigenvalue weighted by molar-refractivity contribution is 5.73. The summed E-state index contributed by atoms with van der Waals surface area (Å²) in [5.74, 6) is -1.62. The van der Waals surface area contributed by atoms with Gasteiger partial charge in [-0.15, -0.1) is 0 Å². The minimum absolute atomic E-state index is 0.777. The smallest absolute Gasteiger partial charge is 0.217 e. The summed E-state index contributed by atoms with van der Waals surface area (Å²) < 4.78 is 46.7. The summed E-state index contributed by atoms with van der Waals surface area (Å²) in [5.41, 5.74) is 0. The van der Waals surface area contributed by atoms with Crippen LogP contribution in [0, 0.1) is 0 Å². The molecule has 4 fully saturated rings. The molecule has 0 bridgehead atoms. The molecule has 4 heterocycles. The molecule has 0 radical (unpaired) electrons. The van der Waals surface area contributed by atoms with Crippen molar-refractivity contribution in [3.05, 3.63) is 0 Å². The molecular formula is C34H60N2O25. The van der Waals surface area contributed by atoms with E-state index in [2.05, 4.69) is 10.6 Å². The van der Waals surface area contributed by atoms with E-state index < -0.39 is 192 Å². The van der Waals surface area contributed by atoms with Crippen molar-refractivity contribution in [1.29, 1.82) is 0 Å². The summed E-state index contributed by atoms with van der Waals surface area (Å²) in [6.07, 6.45) is -41.7. The molecule has 4 aliphatic rings. The van der Waals surface area contributed by atoms with E-state index in [1.807, 2.05) is 0 Å². The van der Waals surface area contributed by atoms with Crippen molar-refractivity contribution in [2.24, 2.45) is 0 Å². The van der Waals surface area contributed by atoms with Gasteiger partial charge in [-0.25, -0.2) is 0 Å². The van der Waals surface area contributed by atoms with E-state index >= 15 is 0 Å². The number of aliphatic hydroxyl groups excluding tert-OH is 15. The first kappa shape index (κ1) is 51.7. The number of ether oxygens (including phenoxy) is 8. The predicted molar refractivity (Wildman–Crippen MR) is 191 cm³/mol. The van der Waals surface area contributed by atoms with Crippen LogP contribution in [0.5, 0.6) is 0 Å². The zero-order chi connectivity index (χ0) is 45.6. The van der Waals surface area contributed by atoms with E-state index in [1.165, 1.54) is 6.92 Å². The summed E-state index contributed by atoms with van der Waals surface area (Å²) in [6, 6.07) is -3.35. The van der Waals surface area contributed by atoms with Crippen molar-refractivity contribution in [2.45, 2.75) is 168 Å². The third-order valence-electron chi connectivity index (χ3n) is 10.7. The van der Waals surface area contributed by atoms with E-state index in [0.29, 0.717) is 0 Å². The van der Waals surface area contributed by atoms with Crippen LogP contribution < -0.4 is 10.6 Å². The van der Waals surface area contributed by atoms with Gasteiger partial charge in [0.2, 0.25) is 11.8 Å². The third kappa shape index (κ3) is 11.8. The molecule has 0 spiro atoms. The van der Waals surface area contributed by atoms with Crippen LogP contribution >= 0.6 is 0 Å². The van der Waals surface area contributed by atoms with E-state index in [-0.39, 0.29) is 0 Å². The Morgan fingerprint density at radius 3 is 1.56 bits per heavy atom. The summed E-state index contributed by atoms with van der Waals surface area (Å²) in [6.45, 7) is -1.65. The van der Waals surface area contributed by atoms with Gasteiger partial charge in [0.1, 0.15) is 110 Å². The highest BCUT2D eigenvalue weighted by Crippen LogP contribution is 2.36. The number of rotatable bonds is 18. The topological polar surface area (TPSA) is 435 Å². The van der Waals surface area contributed by atoms with Crippen molar-refractivity contribution >= 4 is 11.8 Å². The predicted octanol–water partition coefficient (Wildman–Crippen LogP) is -11.0. The highest BCUT2D eigenvalue weighted by atomic mass is 16.8. The standard InChI is InChI=1S/C34H60N2O25/c1-9-18(45)23(50)25(52)32(54-9)61-30-29(22(49)16(8-41)57-34(30)58-27(19(46)13(44)5-38)12(4-37)35-10(2)42)60-31-17(36-11(3)43)28(21(48)15(7-40)55-31)59-33-26(53)24(51)20(47)14(6-39)56-33/h9,12-34,37-41,44-53H,4-8H2,1-3H3,(H,35,42)(H,36,43)/t9-,12+,13-,14-,15-,16-,17-,18+,19+,20+,21+,22+,23+,24+,25-,26-,27-,28-,29+,30-,31-,32-,33-,34+/m1/s1. The molecule has 0 saturated carbocycles. The average Bonchev–Trinajstić information content (AvgIpc) is 3.23. The van der Waals surface area contributed by atoms with Gasteiger partial charge in [0, 0.05) is 13.8 Å². The summed E-state index contributed by atoms with van der Waals surface area (Å²) in [5, 5.41) is 163. The molecule has 27 heteroatoms. The lowest BCUT2D eigenvalue weighted by molar-refractivity contribution is -0.395. The zero-order valence-electron chi connectivity index (χ0n) is 33.2. The first-order chi connectivity index (χ1) is 28.7. The SMILES string of the molecule is CC(=O)N[C@H]1[C@@H](O[C@H]2[C@@H](O)[C@@H](CO)O[C@@H](O[C@@H]([C@@H](O)[C@H](O)CO)[C@H](CO)NC(C)=O)[C@@H]2O[C@H]2O[C@H](C)[C@H](O)[C@H](O)[C@H]2O)O[C@H](CO)[C@H](O)[C@@H]1O[C@H]1O[C@H](CO)[C@H](O)[C@H](O)[C@H]1O. The third-order valence-corrected chi connectivity index (χ3v) is 10.7. The van der Waals surface area contributed by atoms with Gasteiger partial charge in [0.25, 0.3) is 0 Å². The summed E-state index contributed by atoms with van der Waals surface area (Å²) in [7, 11) is 0. The molecule has 356 valence electrons. The molecule has 4 saturated heterocycles. The first-order valence-electron chi connectivity index (χ1n) is 19.4. The molecule has 4 aliphatic heterocycles. The Labute approximate surface area is 347 Å². The molecule has 0 unspecified atom stereocenters. The van der Waals surface area contributed by atoms with E-state index in [4.69, 9.17) is 37.9 Å². The van der Waals surface area contributed by atoms with Gasteiger partial charge < -0.3 is 125 Å². The van der Waals surface area contributed by atoms with Crippen LogP contribution in [0.3, 0.4) is 0 Å². The molecule has 0 aromatic rings. The number of nitrogens with one attached hydrogen (secondary N) is 2. The second-order valence-electron chi connectivity index (χ2n) is 15.2. The normalized spacial score (nSPS) is 44.1. The fourth-order valence-electron chi connectivity index (χ4n) is 7.34. The largest absolute Gasteiger partial charge is 0.394 e. The van der Waals surface area contributed by atoms with Crippen molar-refractivity contribution in [2.75, 3.05) is 33.0 Å². The molecule has 0 aliphatic carbocycles. The van der Waals surface area contributed by atoms with Crippen LogP contribution in [0.15, 0.2) is 0 Å². The van der Waals surface area contributed by atoms with Gasteiger partial charge >= 0.3 is 0 Å². The van der Waals surface area contributed by atoms with Crippen LogP contribution in [0.1, 0.15) is 20.8 Å². The fraction of sp³-hybridized carbons (Fsp3) is 0.941. The number of hydrogen-bond donors (Lipinski definition) is 17. The van der Waals surface area contributed by atoms with Gasteiger partial charge in [0.05, 0.1) is 45.2 Å². The Morgan fingerprint density at radius 2 is 1.03 bits per heavy atom. The fourth-order valence-corrected chi connectivity index (χ4v) is 7.34. The Morgan fingerprint density at radius 1 is 0.557 bits per heavy atom. The van der Waals surface area contributed by atoms with Crippen molar-refractivity contribution in [3.8, 4) is 0 Å². The average molecular weight is 897 g/mol. The van der Waals surface area contributed by atoms with Gasteiger partial charge in [-0.2, -0.15) is 0 Å². The second kappa shape index (κ2) is 22.8. The first-order valence-corrected chi connectivity index (χ1v) is 19.4. The molecule has 0 aromatic carbocycles. The molecule has 2 amide bonds. The minimum Gasteiger partial charge on any atom is -0.394 e. The molecule has 17 N–H and O–H groups in total. The van der Waals surface area contributed by atoms with Gasteiger partial charge in [-0.3, -0.25) is 9.59 Å². The maximum Gasteiger partial charge on any atom is 0.217 e. The van der Waals surface area contributed by atoms with Crippen LogP contribution in [-0.4, -0.2) is 269 Å². The number of hydrogen-bond acceptors (Lipinski definition) is 25. The maximum absolute atomic E-state index is 12.7. The van der Waals surface area contributed by atoms with Gasteiger partial charge in [0.15, 0.2) is 25.2 Å². The monoisotopic (exact) mass is 896 g/mol. The Bertz CT molecular complexity index is 1370. The zero-order valence-corrected chi connectivity index (χ0v) is 33.2. The van der Waals surface area contributed by atoms with Gasteiger partial charge in [-0.1, -0.05) is 0 Å². The van der Waals surface area contributed by atoms with Crippen molar-refractivity contribution < 1.29 is 124 Å². The highest BCUT2D eigenvalue weighted by Gasteiger charge is 2.57. The number of aliphatic hydroxyl groups is 15. The Balaban J connectivity index is 1.82. The molecule has 61 heavy (non-hydrogen) atoms. The molecular weight excluding hydrogens is 836 g/mol. The van der Waals surface area contributed by atoms with Crippen molar-refractivity contribution in [1.82, 2.24) is 10.6 Å². The van der Waals surface area contributed by atoms with Crippen LogP contribution in [0.2, 0.25) is 0 Å². The maximum atomic E-state index is 12.7. The molecule has 0 aromatic heterocycles. The van der Waals surface area contributed by atoms with Crippen LogP contribution in [-0.2, 0) is 47.5 Å². The Hall–Kier alpha value is -1.98. The summed E-state index contributed by atoms with van der Waals surface area (Å²) in [4.78, 5) is 24.8. The number of carbonyl (C=O) groups is 2.